The number of fused-ring (bicyclic) bond motifs is 2. The Balaban J connectivity index is 1.57. The summed E-state index contributed by atoms with van der Waals surface area (Å²) in [5.41, 5.74) is 0. The van der Waals surface area contributed by atoms with E-state index in [2.05, 4.69) is 0 Å². The molecule has 6 heteroatoms. The van der Waals surface area contributed by atoms with Gasteiger partial charge in [0.2, 0.25) is 6.29 Å². The molecular weight excluding hydrogens is 324 g/mol. The summed E-state index contributed by atoms with van der Waals surface area (Å²) in [5.74, 6) is -0.236. The second kappa shape index (κ2) is 6.23. The Morgan fingerprint density at radius 3 is 2.64 bits per heavy atom. The van der Waals surface area contributed by atoms with Gasteiger partial charge in [0.25, 0.3) is 0 Å². The van der Waals surface area contributed by atoms with Crippen LogP contribution in [-0.2, 0) is 14.2 Å². The number of hydrogen-bond donors (Lipinski definition) is 2. The van der Waals surface area contributed by atoms with Gasteiger partial charge in [0.05, 0.1) is 6.61 Å². The number of aliphatic hydroxyl groups is 2. The van der Waals surface area contributed by atoms with Crippen molar-refractivity contribution in [2.75, 3.05) is 6.61 Å². The lowest BCUT2D eigenvalue weighted by molar-refractivity contribution is -0.373. The van der Waals surface area contributed by atoms with Gasteiger partial charge in [-0.25, -0.2) is 0 Å². The van der Waals surface area contributed by atoms with Crippen LogP contribution in [0.25, 0.3) is 10.8 Å². The van der Waals surface area contributed by atoms with Crippen molar-refractivity contribution in [3.8, 4) is 5.75 Å². The summed E-state index contributed by atoms with van der Waals surface area (Å²) >= 11 is 0. The molecule has 6 nitrogen and oxygen atoms in total. The molecule has 134 valence electrons. The summed E-state index contributed by atoms with van der Waals surface area (Å²) in [6, 6.07) is 13.5. The smallest absolute Gasteiger partial charge is 0.229 e. The van der Waals surface area contributed by atoms with Gasteiger partial charge in [-0.2, -0.15) is 0 Å². The van der Waals surface area contributed by atoms with E-state index in [0.717, 1.165) is 10.8 Å². The molecule has 2 aliphatic rings. The lowest BCUT2D eigenvalue weighted by atomic mass is 9.97. The Bertz CT molecular complexity index is 753. The summed E-state index contributed by atoms with van der Waals surface area (Å²) in [5, 5.41) is 22.9. The average molecular weight is 346 g/mol. The maximum atomic E-state index is 10.5. The van der Waals surface area contributed by atoms with E-state index in [-0.39, 0.29) is 6.61 Å². The van der Waals surface area contributed by atoms with Crippen LogP contribution in [0.5, 0.6) is 5.75 Å². The van der Waals surface area contributed by atoms with Crippen molar-refractivity contribution < 1.29 is 29.2 Å². The molecular formula is C19H22O6. The molecule has 5 atom stereocenters. The van der Waals surface area contributed by atoms with Crippen LogP contribution < -0.4 is 4.74 Å². The van der Waals surface area contributed by atoms with Crippen molar-refractivity contribution in [1.82, 2.24) is 0 Å². The fraction of sp³-hybridized carbons (Fsp3) is 0.474. The van der Waals surface area contributed by atoms with Gasteiger partial charge in [-0.1, -0.05) is 36.4 Å². The Morgan fingerprint density at radius 1 is 1.04 bits per heavy atom. The van der Waals surface area contributed by atoms with Crippen LogP contribution in [0.3, 0.4) is 0 Å². The molecule has 0 unspecified atom stereocenters. The second-order valence-electron chi connectivity index (χ2n) is 6.91. The largest absolute Gasteiger partial charge is 0.461 e. The molecule has 2 N–H and O–H groups in total. The van der Waals surface area contributed by atoms with Gasteiger partial charge < -0.3 is 29.2 Å². The van der Waals surface area contributed by atoms with Crippen molar-refractivity contribution in [3.05, 3.63) is 42.5 Å². The van der Waals surface area contributed by atoms with E-state index in [4.69, 9.17) is 18.9 Å². The van der Waals surface area contributed by atoms with E-state index in [1.165, 1.54) is 0 Å². The number of benzene rings is 2. The topological polar surface area (TPSA) is 77.4 Å². The summed E-state index contributed by atoms with van der Waals surface area (Å²) in [6.07, 6.45) is -4.52. The van der Waals surface area contributed by atoms with Crippen LogP contribution >= 0.6 is 0 Å². The van der Waals surface area contributed by atoms with Crippen molar-refractivity contribution in [2.24, 2.45) is 0 Å². The molecule has 0 spiro atoms. The van der Waals surface area contributed by atoms with E-state index in [0.29, 0.717) is 5.75 Å². The average Bonchev–Trinajstić information content (AvgIpc) is 2.60. The molecule has 2 saturated heterocycles. The first-order chi connectivity index (χ1) is 11.9. The van der Waals surface area contributed by atoms with Crippen LogP contribution in [0.4, 0.5) is 0 Å². The van der Waals surface area contributed by atoms with Gasteiger partial charge in [0, 0.05) is 5.39 Å². The fourth-order valence-corrected chi connectivity index (χ4v) is 3.35. The zero-order chi connectivity index (χ0) is 17.6. The third-order valence-corrected chi connectivity index (χ3v) is 4.65. The Kier molecular flexibility index (Phi) is 4.17. The Hall–Kier alpha value is -1.70. The van der Waals surface area contributed by atoms with Crippen LogP contribution in [-0.4, -0.2) is 53.3 Å². The lowest BCUT2D eigenvalue weighted by Gasteiger charge is -2.48. The number of ether oxygens (including phenoxy) is 4. The first-order valence-electron chi connectivity index (χ1n) is 8.42. The molecule has 2 heterocycles. The predicted octanol–water partition coefficient (Wildman–Crippen LogP) is 1.82. The monoisotopic (exact) mass is 346 g/mol. The highest BCUT2D eigenvalue weighted by Crippen LogP contribution is 2.34. The van der Waals surface area contributed by atoms with E-state index < -0.39 is 36.5 Å². The summed E-state index contributed by atoms with van der Waals surface area (Å²) in [7, 11) is 0. The van der Waals surface area contributed by atoms with Crippen LogP contribution in [0.15, 0.2) is 42.5 Å². The second-order valence-corrected chi connectivity index (χ2v) is 6.91. The number of rotatable bonds is 2. The SMILES string of the molecule is CC1(C)OC[C@@H]2O[C@H](Oc3cccc4ccccc34)[C@H](O)[C@@H](O)[C@H]2O1. The van der Waals surface area contributed by atoms with Crippen LogP contribution in [0.1, 0.15) is 13.8 Å². The third kappa shape index (κ3) is 3.12. The Labute approximate surface area is 145 Å². The summed E-state index contributed by atoms with van der Waals surface area (Å²) < 4.78 is 23.1. The van der Waals surface area contributed by atoms with Gasteiger partial charge in [-0.05, 0) is 25.3 Å². The molecule has 4 rings (SSSR count). The van der Waals surface area contributed by atoms with Crippen LogP contribution in [0, 0.1) is 0 Å². The number of hydrogen-bond acceptors (Lipinski definition) is 6. The molecule has 0 amide bonds. The zero-order valence-corrected chi connectivity index (χ0v) is 14.2. The first kappa shape index (κ1) is 16.8. The van der Waals surface area contributed by atoms with E-state index in [9.17, 15) is 10.2 Å². The van der Waals surface area contributed by atoms with Gasteiger partial charge in [0.1, 0.15) is 30.2 Å². The molecule has 0 aliphatic carbocycles. The maximum Gasteiger partial charge on any atom is 0.229 e. The van der Waals surface area contributed by atoms with E-state index in [1.807, 2.05) is 42.5 Å². The zero-order valence-electron chi connectivity index (χ0n) is 14.2. The minimum atomic E-state index is -1.23. The highest BCUT2D eigenvalue weighted by molar-refractivity contribution is 5.88. The third-order valence-electron chi connectivity index (χ3n) is 4.65. The highest BCUT2D eigenvalue weighted by Gasteiger charge is 2.51. The lowest BCUT2D eigenvalue weighted by Crippen LogP contribution is -2.65. The minimum absolute atomic E-state index is 0.261. The van der Waals surface area contributed by atoms with Gasteiger partial charge in [-0.3, -0.25) is 0 Å². The first-order valence-corrected chi connectivity index (χ1v) is 8.42. The number of aliphatic hydroxyl groups excluding tert-OH is 2. The molecule has 0 aromatic heterocycles. The van der Waals surface area contributed by atoms with Crippen LogP contribution in [0.2, 0.25) is 0 Å². The molecule has 2 aliphatic heterocycles. The van der Waals surface area contributed by atoms with Gasteiger partial charge in [-0.15, -0.1) is 0 Å². The quantitative estimate of drug-likeness (QED) is 0.864. The van der Waals surface area contributed by atoms with Crippen molar-refractivity contribution >= 4 is 10.8 Å². The fourth-order valence-electron chi connectivity index (χ4n) is 3.35. The summed E-state index contributed by atoms with van der Waals surface area (Å²) in [6.45, 7) is 3.79. The van der Waals surface area contributed by atoms with E-state index in [1.54, 1.807) is 13.8 Å². The predicted molar refractivity (Wildman–Crippen MR) is 90.2 cm³/mol. The molecule has 2 aromatic rings. The van der Waals surface area contributed by atoms with Crippen molar-refractivity contribution in [1.29, 1.82) is 0 Å². The van der Waals surface area contributed by atoms with Crippen molar-refractivity contribution in [3.63, 3.8) is 0 Å². The van der Waals surface area contributed by atoms with Crippen molar-refractivity contribution in [2.45, 2.75) is 50.3 Å². The molecule has 2 aromatic carbocycles. The molecule has 0 saturated carbocycles. The molecule has 0 bridgehead atoms. The normalized spacial score (nSPS) is 34.5. The van der Waals surface area contributed by atoms with E-state index >= 15 is 0 Å². The minimum Gasteiger partial charge on any atom is -0.461 e. The molecule has 0 radical (unpaired) electrons. The standard InChI is InChI=1S/C19H22O6/c1-19(2)22-10-14-17(25-19)15(20)16(21)18(24-14)23-13-9-5-7-11-6-3-4-8-12(11)13/h3-9,14-18,20-21H,10H2,1-2H3/t14-,15+,16+,17-,18-/m0/s1. The Morgan fingerprint density at radius 2 is 1.80 bits per heavy atom. The highest BCUT2D eigenvalue weighted by atomic mass is 16.8. The molecule has 25 heavy (non-hydrogen) atoms. The molecule has 2 fully saturated rings. The maximum absolute atomic E-state index is 10.5. The van der Waals surface area contributed by atoms with Gasteiger partial charge >= 0.3 is 0 Å². The van der Waals surface area contributed by atoms with Gasteiger partial charge in [0.15, 0.2) is 5.79 Å². The summed E-state index contributed by atoms with van der Waals surface area (Å²) in [4.78, 5) is 0.